The van der Waals surface area contributed by atoms with Crippen LogP contribution >= 0.6 is 0 Å². The molecule has 22 heavy (non-hydrogen) atoms. The number of aromatic amines is 1. The zero-order valence-electron chi connectivity index (χ0n) is 13.2. The van der Waals surface area contributed by atoms with E-state index >= 15 is 0 Å². The van der Waals surface area contributed by atoms with E-state index in [9.17, 15) is 14.4 Å². The minimum atomic E-state index is -0.475. The van der Waals surface area contributed by atoms with E-state index in [-0.39, 0.29) is 18.9 Å². The number of amides is 1. The fraction of sp³-hybridized carbons (Fsp3) is 0.667. The Kier molecular flexibility index (Phi) is 5.54. The molecule has 1 fully saturated rings. The summed E-state index contributed by atoms with van der Waals surface area (Å²) in [6.07, 6.45) is 2.81. The van der Waals surface area contributed by atoms with Gasteiger partial charge in [-0.3, -0.25) is 14.6 Å². The molecule has 2 rings (SSSR count). The first-order valence-electron chi connectivity index (χ1n) is 7.75. The van der Waals surface area contributed by atoms with Gasteiger partial charge in [-0.15, -0.1) is 0 Å². The maximum absolute atomic E-state index is 12.2. The van der Waals surface area contributed by atoms with Crippen molar-refractivity contribution in [1.82, 2.24) is 19.4 Å². The molecule has 0 bridgehead atoms. The van der Waals surface area contributed by atoms with Crippen molar-refractivity contribution >= 4 is 5.91 Å². The van der Waals surface area contributed by atoms with Crippen molar-refractivity contribution in [3.63, 3.8) is 0 Å². The minimum Gasteiger partial charge on any atom is -0.345 e. The highest BCUT2D eigenvalue weighted by molar-refractivity contribution is 5.75. The van der Waals surface area contributed by atoms with Gasteiger partial charge in [0.25, 0.3) is 5.56 Å². The van der Waals surface area contributed by atoms with E-state index in [1.165, 1.54) is 16.8 Å². The Morgan fingerprint density at radius 1 is 1.45 bits per heavy atom. The first-order valence-corrected chi connectivity index (χ1v) is 7.75. The van der Waals surface area contributed by atoms with Crippen molar-refractivity contribution in [2.24, 2.45) is 5.92 Å². The maximum Gasteiger partial charge on any atom is 0.328 e. The third-order valence-corrected chi connectivity index (χ3v) is 4.24. The van der Waals surface area contributed by atoms with E-state index in [1.807, 2.05) is 7.05 Å². The Morgan fingerprint density at radius 2 is 2.23 bits per heavy atom. The quantitative estimate of drug-likeness (QED) is 0.784. The van der Waals surface area contributed by atoms with Gasteiger partial charge in [0.1, 0.15) is 0 Å². The van der Waals surface area contributed by atoms with Gasteiger partial charge in [0.05, 0.1) is 0 Å². The summed E-state index contributed by atoms with van der Waals surface area (Å²) in [7, 11) is 1.81. The van der Waals surface area contributed by atoms with Crippen molar-refractivity contribution in [2.75, 3.05) is 33.2 Å². The lowest BCUT2D eigenvalue weighted by atomic mass is 10.1. The van der Waals surface area contributed by atoms with Crippen LogP contribution in [-0.4, -0.2) is 58.5 Å². The van der Waals surface area contributed by atoms with Gasteiger partial charge in [-0.1, -0.05) is 6.92 Å². The Balaban J connectivity index is 1.81. The number of nitrogens with zero attached hydrogens (tertiary/aromatic N) is 3. The average molecular weight is 308 g/mol. The molecular weight excluding hydrogens is 284 g/mol. The third-order valence-electron chi connectivity index (χ3n) is 4.24. The summed E-state index contributed by atoms with van der Waals surface area (Å²) in [5.41, 5.74) is -0.899. The second-order valence-electron chi connectivity index (χ2n) is 5.88. The smallest absolute Gasteiger partial charge is 0.328 e. The number of likely N-dealkylation sites (tertiary alicyclic amines) is 1. The van der Waals surface area contributed by atoms with Gasteiger partial charge in [0.15, 0.2) is 0 Å². The second kappa shape index (κ2) is 7.40. The average Bonchev–Trinajstić information content (AvgIpc) is 2.93. The van der Waals surface area contributed by atoms with Crippen LogP contribution in [0.25, 0.3) is 0 Å². The molecule has 2 heterocycles. The highest BCUT2D eigenvalue weighted by Crippen LogP contribution is 2.16. The van der Waals surface area contributed by atoms with Gasteiger partial charge in [-0.25, -0.2) is 4.79 Å². The number of hydrogen-bond donors (Lipinski definition) is 1. The number of hydrogen-bond acceptors (Lipinski definition) is 4. The molecule has 0 spiro atoms. The second-order valence-corrected chi connectivity index (χ2v) is 5.88. The minimum absolute atomic E-state index is 0.0213. The monoisotopic (exact) mass is 308 g/mol. The van der Waals surface area contributed by atoms with E-state index in [1.54, 1.807) is 4.90 Å². The fourth-order valence-electron chi connectivity index (χ4n) is 2.87. The Morgan fingerprint density at radius 3 is 2.86 bits per heavy atom. The molecule has 1 amide bonds. The van der Waals surface area contributed by atoms with E-state index < -0.39 is 11.2 Å². The topological polar surface area (TPSA) is 78.4 Å². The first kappa shape index (κ1) is 16.5. The van der Waals surface area contributed by atoms with E-state index in [0.717, 1.165) is 32.6 Å². The largest absolute Gasteiger partial charge is 0.345 e. The van der Waals surface area contributed by atoms with E-state index in [2.05, 4.69) is 16.8 Å². The Hall–Kier alpha value is -1.89. The van der Waals surface area contributed by atoms with Crippen LogP contribution in [0, 0.1) is 5.92 Å². The lowest BCUT2D eigenvalue weighted by Crippen LogP contribution is -2.35. The normalized spacial score (nSPS) is 18.5. The van der Waals surface area contributed by atoms with Gasteiger partial charge in [-0.05, 0) is 25.4 Å². The zero-order chi connectivity index (χ0) is 16.1. The molecule has 1 atom stereocenters. The SMILES string of the molecule is CCN1CC[C@@H](CN(C)C(=O)CCn2ccc(=O)[nH]c2=O)C1. The third kappa shape index (κ3) is 4.30. The van der Waals surface area contributed by atoms with Gasteiger partial charge in [0.2, 0.25) is 5.91 Å². The van der Waals surface area contributed by atoms with Crippen molar-refractivity contribution in [1.29, 1.82) is 0 Å². The molecule has 0 aromatic carbocycles. The van der Waals surface area contributed by atoms with E-state index in [4.69, 9.17) is 0 Å². The Bertz CT molecular complexity index is 622. The summed E-state index contributed by atoms with van der Waals surface area (Å²) < 4.78 is 1.35. The van der Waals surface area contributed by atoms with Crippen molar-refractivity contribution < 1.29 is 4.79 Å². The summed E-state index contributed by atoms with van der Waals surface area (Å²) in [5, 5.41) is 0. The summed E-state index contributed by atoms with van der Waals surface area (Å²) in [6.45, 7) is 6.41. The summed E-state index contributed by atoms with van der Waals surface area (Å²) in [4.78, 5) is 41.0. The molecule has 1 N–H and O–H groups in total. The van der Waals surface area contributed by atoms with Crippen LogP contribution < -0.4 is 11.2 Å². The predicted octanol–water partition coefficient (Wildman–Crippen LogP) is -0.273. The molecule has 122 valence electrons. The fourth-order valence-corrected chi connectivity index (χ4v) is 2.87. The van der Waals surface area contributed by atoms with E-state index in [0.29, 0.717) is 5.92 Å². The molecule has 1 saturated heterocycles. The number of H-pyrrole nitrogens is 1. The van der Waals surface area contributed by atoms with Crippen molar-refractivity contribution in [3.8, 4) is 0 Å². The zero-order valence-corrected chi connectivity index (χ0v) is 13.2. The van der Waals surface area contributed by atoms with Gasteiger partial charge in [-0.2, -0.15) is 0 Å². The Labute approximate surface area is 129 Å². The van der Waals surface area contributed by atoms with Crippen LogP contribution in [0.2, 0.25) is 0 Å². The molecular formula is C15H24N4O3. The van der Waals surface area contributed by atoms with Gasteiger partial charge >= 0.3 is 5.69 Å². The molecule has 0 saturated carbocycles. The highest BCUT2D eigenvalue weighted by atomic mass is 16.2. The first-order chi connectivity index (χ1) is 10.5. The molecule has 7 heteroatoms. The molecule has 0 aliphatic carbocycles. The van der Waals surface area contributed by atoms with Crippen LogP contribution in [0.5, 0.6) is 0 Å². The molecule has 1 aliphatic rings. The number of carbonyl (C=O) groups is 1. The lowest BCUT2D eigenvalue weighted by molar-refractivity contribution is -0.130. The molecule has 1 aromatic rings. The van der Waals surface area contributed by atoms with Crippen molar-refractivity contribution in [3.05, 3.63) is 33.1 Å². The highest BCUT2D eigenvalue weighted by Gasteiger charge is 2.23. The molecule has 1 aromatic heterocycles. The number of nitrogens with one attached hydrogen (secondary N) is 1. The van der Waals surface area contributed by atoms with Crippen molar-refractivity contribution in [2.45, 2.75) is 26.3 Å². The number of aryl methyl sites for hydroxylation is 1. The molecule has 0 unspecified atom stereocenters. The number of aromatic nitrogens is 2. The summed E-state index contributed by atoms with van der Waals surface area (Å²) in [6, 6.07) is 1.29. The van der Waals surface area contributed by atoms with Gasteiger partial charge < -0.3 is 14.4 Å². The predicted molar refractivity (Wildman–Crippen MR) is 83.8 cm³/mol. The van der Waals surface area contributed by atoms with Crippen LogP contribution in [0.1, 0.15) is 19.8 Å². The maximum atomic E-state index is 12.2. The lowest BCUT2D eigenvalue weighted by Gasteiger charge is -2.21. The van der Waals surface area contributed by atoms with Crippen LogP contribution in [0.4, 0.5) is 0 Å². The van der Waals surface area contributed by atoms with Gasteiger partial charge in [0, 0.05) is 45.4 Å². The number of rotatable bonds is 6. The standard InChI is InChI=1S/C15H24N4O3/c1-3-18-7-4-12(11-18)10-17(2)14(21)6-9-19-8-5-13(20)16-15(19)22/h5,8,12H,3-4,6-7,9-11H2,1-2H3,(H,16,20,22)/t12-/m0/s1. The number of carbonyl (C=O) groups excluding carboxylic acids is 1. The van der Waals surface area contributed by atoms with Crippen LogP contribution in [-0.2, 0) is 11.3 Å². The molecule has 7 nitrogen and oxygen atoms in total. The summed E-state index contributed by atoms with van der Waals surface area (Å²) in [5.74, 6) is 0.553. The van der Waals surface area contributed by atoms with Crippen LogP contribution in [0.15, 0.2) is 21.9 Å². The summed E-state index contributed by atoms with van der Waals surface area (Å²) >= 11 is 0. The molecule has 0 radical (unpaired) electrons. The van der Waals surface area contributed by atoms with Crippen LogP contribution in [0.3, 0.4) is 0 Å². The molecule has 1 aliphatic heterocycles.